The predicted octanol–water partition coefficient (Wildman–Crippen LogP) is 6.34. The van der Waals surface area contributed by atoms with Gasteiger partial charge in [0.25, 0.3) is 0 Å². The molecule has 2 rings (SSSR count). The van der Waals surface area contributed by atoms with Crippen LogP contribution in [-0.2, 0) is 0 Å². The Balaban J connectivity index is 2.08. The van der Waals surface area contributed by atoms with Crippen LogP contribution >= 0.6 is 0 Å². The highest BCUT2D eigenvalue weighted by Crippen LogP contribution is 2.21. The molecule has 0 aliphatic carbocycles. The van der Waals surface area contributed by atoms with Crippen molar-refractivity contribution in [2.75, 3.05) is 9.80 Å². The first-order chi connectivity index (χ1) is 14.2. The van der Waals surface area contributed by atoms with Crippen molar-refractivity contribution in [3.63, 3.8) is 0 Å². The molecular weight excluding hydrogens is 364 g/mol. The van der Waals surface area contributed by atoms with E-state index in [1.165, 1.54) is 11.4 Å². The molecule has 0 saturated heterocycles. The summed E-state index contributed by atoms with van der Waals surface area (Å²) >= 11 is 0. The highest BCUT2D eigenvalue weighted by Gasteiger charge is 2.14. The second-order valence-corrected chi connectivity index (χ2v) is 8.78. The topological polar surface area (TPSA) is 6.48 Å². The molecule has 2 nitrogen and oxygen atoms in total. The zero-order valence-corrected chi connectivity index (χ0v) is 19.8. The Morgan fingerprint density at radius 1 is 0.467 bits per heavy atom. The zero-order chi connectivity index (χ0) is 22.3. The average molecular weight is 401 g/mol. The van der Waals surface area contributed by atoms with E-state index in [1.54, 1.807) is 0 Å². The van der Waals surface area contributed by atoms with Gasteiger partial charge in [0, 0.05) is 46.7 Å². The minimum atomic E-state index is 0.465. The maximum atomic E-state index is 3.15. The van der Waals surface area contributed by atoms with Gasteiger partial charge in [-0.1, -0.05) is 11.8 Å². The third-order valence-corrected chi connectivity index (χ3v) is 5.03. The Morgan fingerprint density at radius 2 is 0.733 bits per heavy atom. The van der Waals surface area contributed by atoms with E-state index in [-0.39, 0.29) is 0 Å². The highest BCUT2D eigenvalue weighted by molar-refractivity contribution is 5.54. The van der Waals surface area contributed by atoms with E-state index in [0.29, 0.717) is 24.2 Å². The summed E-state index contributed by atoms with van der Waals surface area (Å²) in [4.78, 5) is 4.81. The number of nitrogens with zero attached hydrogens (tertiary/aromatic N) is 2. The van der Waals surface area contributed by atoms with Crippen LogP contribution in [0.1, 0.15) is 66.5 Å². The van der Waals surface area contributed by atoms with E-state index in [4.69, 9.17) is 0 Å². The summed E-state index contributed by atoms with van der Waals surface area (Å²) in [6.45, 7) is 17.8. The Kier molecular flexibility index (Phi) is 8.44. The Labute approximate surface area is 184 Å². The van der Waals surface area contributed by atoms with Crippen LogP contribution in [0.2, 0.25) is 0 Å². The second kappa shape index (κ2) is 10.8. The Hall–Kier alpha value is -2.84. The molecule has 2 aromatic carbocycles. The lowest BCUT2D eigenvalue weighted by atomic mass is 10.1. The summed E-state index contributed by atoms with van der Waals surface area (Å²) in [5.74, 6) is 12.3. The molecule has 0 atom stereocenters. The van der Waals surface area contributed by atoms with E-state index < -0.39 is 0 Å². The van der Waals surface area contributed by atoms with Crippen LogP contribution in [0.25, 0.3) is 0 Å². The van der Waals surface area contributed by atoms with Gasteiger partial charge in [-0.25, -0.2) is 0 Å². The number of anilines is 2. The maximum absolute atomic E-state index is 3.15. The molecule has 0 unspecified atom stereocenters. The van der Waals surface area contributed by atoms with Crippen molar-refractivity contribution >= 4 is 11.4 Å². The van der Waals surface area contributed by atoms with Crippen molar-refractivity contribution < 1.29 is 0 Å². The fourth-order valence-corrected chi connectivity index (χ4v) is 4.03. The minimum Gasteiger partial charge on any atom is -0.367 e. The molecule has 0 aliphatic rings. The van der Waals surface area contributed by atoms with Crippen LogP contribution in [-0.4, -0.2) is 24.2 Å². The van der Waals surface area contributed by atoms with E-state index in [0.717, 1.165) is 11.1 Å². The van der Waals surface area contributed by atoms with Gasteiger partial charge in [-0.3, -0.25) is 0 Å². The molecule has 0 bridgehead atoms. The largest absolute Gasteiger partial charge is 0.367 e. The van der Waals surface area contributed by atoms with Gasteiger partial charge in [0.2, 0.25) is 0 Å². The first-order valence-corrected chi connectivity index (χ1v) is 11.0. The summed E-state index contributed by atoms with van der Waals surface area (Å²) in [6.07, 6.45) is 0. The Bertz CT molecular complexity index is 816. The minimum absolute atomic E-state index is 0.465. The SMILES string of the molecule is CC(C)N(c1ccc(C#CC#Cc2ccc(N(C(C)C)C(C)C)cc2)cc1)C(C)C. The van der Waals surface area contributed by atoms with Crippen molar-refractivity contribution in [3.05, 3.63) is 59.7 Å². The number of benzene rings is 2. The van der Waals surface area contributed by atoms with Gasteiger partial charge in [0.1, 0.15) is 0 Å². The molecule has 0 radical (unpaired) electrons. The monoisotopic (exact) mass is 400 g/mol. The smallest absolute Gasteiger partial charge is 0.0371 e. The number of hydrogen-bond donors (Lipinski definition) is 0. The van der Waals surface area contributed by atoms with E-state index in [1.807, 2.05) is 0 Å². The fraction of sp³-hybridized carbons (Fsp3) is 0.429. The molecule has 0 spiro atoms. The lowest BCUT2D eigenvalue weighted by Crippen LogP contribution is -2.36. The van der Waals surface area contributed by atoms with Crippen molar-refractivity contribution in [3.8, 4) is 23.7 Å². The molecule has 0 N–H and O–H groups in total. The standard InChI is InChI=1S/C28H36N2/c1-21(2)29(22(3)4)27-17-13-25(14-18-27)11-9-10-12-26-15-19-28(20-16-26)30(23(5)6)24(7)8/h13-24H,1-8H3. The van der Waals surface area contributed by atoms with Crippen LogP contribution in [0.4, 0.5) is 11.4 Å². The molecular formula is C28H36N2. The Morgan fingerprint density at radius 3 is 0.967 bits per heavy atom. The van der Waals surface area contributed by atoms with Gasteiger partial charge in [-0.2, -0.15) is 0 Å². The van der Waals surface area contributed by atoms with E-state index in [2.05, 4.69) is 137 Å². The van der Waals surface area contributed by atoms with Crippen molar-refractivity contribution in [1.29, 1.82) is 0 Å². The number of rotatable bonds is 6. The van der Waals surface area contributed by atoms with Crippen LogP contribution in [0, 0.1) is 23.7 Å². The normalized spacial score (nSPS) is 10.7. The summed E-state index contributed by atoms with van der Waals surface area (Å²) in [5, 5.41) is 0. The predicted molar refractivity (Wildman–Crippen MR) is 132 cm³/mol. The molecule has 30 heavy (non-hydrogen) atoms. The molecule has 2 aromatic rings. The van der Waals surface area contributed by atoms with Gasteiger partial charge < -0.3 is 9.80 Å². The fourth-order valence-electron chi connectivity index (χ4n) is 4.03. The molecule has 0 heterocycles. The summed E-state index contributed by atoms with van der Waals surface area (Å²) in [7, 11) is 0. The summed E-state index contributed by atoms with van der Waals surface area (Å²) < 4.78 is 0. The van der Waals surface area contributed by atoms with Gasteiger partial charge >= 0.3 is 0 Å². The third-order valence-electron chi connectivity index (χ3n) is 5.03. The van der Waals surface area contributed by atoms with E-state index in [9.17, 15) is 0 Å². The van der Waals surface area contributed by atoms with Gasteiger partial charge in [-0.15, -0.1) is 0 Å². The first kappa shape index (κ1) is 23.4. The molecule has 2 heteroatoms. The lowest BCUT2D eigenvalue weighted by Gasteiger charge is -2.33. The van der Waals surface area contributed by atoms with Crippen molar-refractivity contribution in [2.45, 2.75) is 79.6 Å². The van der Waals surface area contributed by atoms with Crippen LogP contribution < -0.4 is 9.80 Å². The first-order valence-electron chi connectivity index (χ1n) is 11.0. The molecule has 0 aromatic heterocycles. The third kappa shape index (κ3) is 6.33. The molecule has 0 saturated carbocycles. The van der Waals surface area contributed by atoms with Crippen molar-refractivity contribution in [1.82, 2.24) is 0 Å². The van der Waals surface area contributed by atoms with Crippen LogP contribution in [0.3, 0.4) is 0 Å². The summed E-state index contributed by atoms with van der Waals surface area (Å²) in [5.41, 5.74) is 4.43. The highest BCUT2D eigenvalue weighted by atomic mass is 15.2. The maximum Gasteiger partial charge on any atom is 0.0371 e. The molecule has 0 amide bonds. The second-order valence-electron chi connectivity index (χ2n) is 8.78. The summed E-state index contributed by atoms with van der Waals surface area (Å²) in [6, 6.07) is 18.7. The quantitative estimate of drug-likeness (QED) is 0.522. The molecule has 0 fully saturated rings. The van der Waals surface area contributed by atoms with E-state index >= 15 is 0 Å². The lowest BCUT2D eigenvalue weighted by molar-refractivity contribution is 0.608. The average Bonchev–Trinajstić information content (AvgIpc) is 2.66. The van der Waals surface area contributed by atoms with Gasteiger partial charge in [0.15, 0.2) is 0 Å². The number of hydrogen-bond acceptors (Lipinski definition) is 2. The molecule has 0 aliphatic heterocycles. The van der Waals surface area contributed by atoms with Crippen molar-refractivity contribution in [2.24, 2.45) is 0 Å². The van der Waals surface area contributed by atoms with Gasteiger partial charge in [0.05, 0.1) is 0 Å². The molecule has 158 valence electrons. The van der Waals surface area contributed by atoms with Gasteiger partial charge in [-0.05, 0) is 116 Å². The van der Waals surface area contributed by atoms with Crippen LogP contribution in [0.15, 0.2) is 48.5 Å². The zero-order valence-electron chi connectivity index (χ0n) is 19.8. The van der Waals surface area contributed by atoms with Crippen LogP contribution in [0.5, 0.6) is 0 Å².